The van der Waals surface area contributed by atoms with Crippen LogP contribution in [0.3, 0.4) is 0 Å². The molecule has 19 heavy (non-hydrogen) atoms. The van der Waals surface area contributed by atoms with Gasteiger partial charge in [-0.05, 0) is 37.0 Å². The normalized spacial score (nSPS) is 23.6. The van der Waals surface area contributed by atoms with E-state index in [0.29, 0.717) is 6.42 Å². The van der Waals surface area contributed by atoms with Crippen LogP contribution in [0.1, 0.15) is 44.1 Å². The highest BCUT2D eigenvalue weighted by molar-refractivity contribution is 5.76. The molecule has 3 N–H and O–H groups in total. The van der Waals surface area contributed by atoms with E-state index < -0.39 is 0 Å². The van der Waals surface area contributed by atoms with E-state index in [0.717, 1.165) is 24.8 Å². The van der Waals surface area contributed by atoms with E-state index >= 15 is 0 Å². The molecule has 1 fully saturated rings. The van der Waals surface area contributed by atoms with Crippen LogP contribution in [0.2, 0.25) is 0 Å². The minimum atomic E-state index is 0.110. The summed E-state index contributed by atoms with van der Waals surface area (Å²) in [5, 5.41) is 3.10. The van der Waals surface area contributed by atoms with Crippen molar-refractivity contribution in [2.75, 3.05) is 0 Å². The number of aryl methyl sites for hydroxylation is 1. The molecule has 0 spiro atoms. The Morgan fingerprint density at radius 1 is 1.26 bits per heavy atom. The van der Waals surface area contributed by atoms with Crippen LogP contribution in [0.5, 0.6) is 0 Å². The Morgan fingerprint density at radius 3 is 2.79 bits per heavy atom. The Balaban J connectivity index is 1.77. The third-order valence-corrected chi connectivity index (χ3v) is 3.81. The maximum absolute atomic E-state index is 12.0. The molecule has 0 saturated heterocycles. The predicted octanol–water partition coefficient (Wildman–Crippen LogP) is 1.79. The van der Waals surface area contributed by atoms with E-state index in [9.17, 15) is 4.79 Å². The number of carbonyl (C=O) groups is 1. The molecular weight excluding hydrogens is 238 g/mol. The zero-order valence-electron chi connectivity index (χ0n) is 11.3. The second-order valence-electron chi connectivity index (χ2n) is 5.33. The van der Waals surface area contributed by atoms with Gasteiger partial charge in [-0.25, -0.2) is 0 Å². The number of nitrogens with two attached hydrogens (primary N) is 1. The van der Waals surface area contributed by atoms with Gasteiger partial charge in [-0.15, -0.1) is 0 Å². The summed E-state index contributed by atoms with van der Waals surface area (Å²) in [6.07, 6.45) is 10.4. The van der Waals surface area contributed by atoms with Gasteiger partial charge < -0.3 is 11.1 Å². The van der Waals surface area contributed by atoms with Gasteiger partial charge in [0.2, 0.25) is 5.91 Å². The molecule has 2 rings (SSSR count). The van der Waals surface area contributed by atoms with Gasteiger partial charge in [0.1, 0.15) is 0 Å². The Morgan fingerprint density at radius 2 is 2.00 bits per heavy atom. The number of nitrogens with zero attached hydrogens (tertiary/aromatic N) is 1. The molecular formula is C15H23N3O. The Hall–Kier alpha value is -1.42. The fraction of sp³-hybridized carbons (Fsp3) is 0.600. The molecule has 0 aliphatic heterocycles. The number of pyridine rings is 1. The van der Waals surface area contributed by atoms with Gasteiger partial charge >= 0.3 is 0 Å². The zero-order valence-corrected chi connectivity index (χ0v) is 11.3. The van der Waals surface area contributed by atoms with E-state index in [-0.39, 0.29) is 18.0 Å². The first kappa shape index (κ1) is 14.0. The highest BCUT2D eigenvalue weighted by Gasteiger charge is 2.21. The third kappa shape index (κ3) is 4.63. The number of hydrogen-bond donors (Lipinski definition) is 2. The topological polar surface area (TPSA) is 68.0 Å². The van der Waals surface area contributed by atoms with Crippen LogP contribution >= 0.6 is 0 Å². The Labute approximate surface area is 114 Å². The summed E-state index contributed by atoms with van der Waals surface area (Å²) in [5.41, 5.74) is 7.26. The third-order valence-electron chi connectivity index (χ3n) is 3.81. The molecule has 1 aliphatic rings. The van der Waals surface area contributed by atoms with Gasteiger partial charge in [0.25, 0.3) is 0 Å². The molecule has 4 nitrogen and oxygen atoms in total. The van der Waals surface area contributed by atoms with Gasteiger partial charge in [-0.2, -0.15) is 0 Å². The van der Waals surface area contributed by atoms with Crippen molar-refractivity contribution in [3.05, 3.63) is 30.1 Å². The number of carbonyl (C=O) groups excluding carboxylic acids is 1. The van der Waals surface area contributed by atoms with Crippen molar-refractivity contribution < 1.29 is 4.79 Å². The van der Waals surface area contributed by atoms with Crippen molar-refractivity contribution in [2.24, 2.45) is 5.73 Å². The van der Waals surface area contributed by atoms with Crippen LogP contribution in [-0.2, 0) is 11.2 Å². The van der Waals surface area contributed by atoms with Crippen LogP contribution in [0.15, 0.2) is 24.5 Å². The summed E-state index contributed by atoms with van der Waals surface area (Å²) in [5.74, 6) is 0.110. The molecule has 0 bridgehead atoms. The number of nitrogens with one attached hydrogen (secondary N) is 1. The number of rotatable bonds is 4. The van der Waals surface area contributed by atoms with E-state index in [2.05, 4.69) is 10.3 Å². The van der Waals surface area contributed by atoms with E-state index in [1.165, 1.54) is 19.3 Å². The fourth-order valence-electron chi connectivity index (χ4n) is 2.60. The number of amides is 1. The van der Waals surface area contributed by atoms with Crippen molar-refractivity contribution in [3.63, 3.8) is 0 Å². The quantitative estimate of drug-likeness (QED) is 0.812. The molecule has 1 amide bonds. The van der Waals surface area contributed by atoms with Crippen molar-refractivity contribution in [3.8, 4) is 0 Å². The molecule has 4 heteroatoms. The lowest BCUT2D eigenvalue weighted by atomic mass is 10.0. The van der Waals surface area contributed by atoms with Gasteiger partial charge in [0.05, 0.1) is 0 Å². The molecule has 1 saturated carbocycles. The highest BCUT2D eigenvalue weighted by Crippen LogP contribution is 2.16. The van der Waals surface area contributed by atoms with Gasteiger partial charge in [0, 0.05) is 30.9 Å². The summed E-state index contributed by atoms with van der Waals surface area (Å²) in [6, 6.07) is 4.18. The summed E-state index contributed by atoms with van der Waals surface area (Å²) in [6.45, 7) is 0. The lowest BCUT2D eigenvalue weighted by Crippen LogP contribution is -2.47. The first-order chi connectivity index (χ1) is 9.25. The standard InChI is InChI=1S/C15H23N3O/c16-13-4-2-1-3-5-14(13)18-15(19)7-6-12-8-10-17-11-9-12/h8-11,13-14H,1-7,16H2,(H,18,19). The zero-order chi connectivity index (χ0) is 13.5. The van der Waals surface area contributed by atoms with Crippen molar-refractivity contribution in [1.29, 1.82) is 0 Å². The maximum atomic E-state index is 12.0. The van der Waals surface area contributed by atoms with Gasteiger partial charge in [0.15, 0.2) is 0 Å². The molecule has 0 aromatic carbocycles. The fourth-order valence-corrected chi connectivity index (χ4v) is 2.60. The van der Waals surface area contributed by atoms with E-state index in [1.807, 2.05) is 12.1 Å². The lowest BCUT2D eigenvalue weighted by Gasteiger charge is -2.22. The second-order valence-corrected chi connectivity index (χ2v) is 5.33. The molecule has 1 aromatic rings. The van der Waals surface area contributed by atoms with Crippen molar-refractivity contribution in [2.45, 2.75) is 57.0 Å². The molecule has 2 unspecified atom stereocenters. The average molecular weight is 261 g/mol. The molecule has 1 aromatic heterocycles. The van der Waals surface area contributed by atoms with Crippen LogP contribution in [0, 0.1) is 0 Å². The first-order valence-corrected chi connectivity index (χ1v) is 7.19. The largest absolute Gasteiger partial charge is 0.352 e. The van der Waals surface area contributed by atoms with E-state index in [1.54, 1.807) is 12.4 Å². The van der Waals surface area contributed by atoms with Crippen molar-refractivity contribution in [1.82, 2.24) is 10.3 Å². The number of hydrogen-bond acceptors (Lipinski definition) is 3. The summed E-state index contributed by atoms with van der Waals surface area (Å²) in [4.78, 5) is 15.9. The van der Waals surface area contributed by atoms with E-state index in [4.69, 9.17) is 5.73 Å². The van der Waals surface area contributed by atoms with Crippen molar-refractivity contribution >= 4 is 5.91 Å². The molecule has 0 radical (unpaired) electrons. The first-order valence-electron chi connectivity index (χ1n) is 7.19. The minimum absolute atomic E-state index is 0.110. The van der Waals surface area contributed by atoms with Gasteiger partial charge in [-0.3, -0.25) is 9.78 Å². The Bertz CT molecular complexity index is 394. The monoisotopic (exact) mass is 261 g/mol. The second kappa shape index (κ2) is 7.24. The summed E-state index contributed by atoms with van der Waals surface area (Å²) >= 11 is 0. The molecule has 1 aliphatic carbocycles. The SMILES string of the molecule is NC1CCCCCC1NC(=O)CCc1ccncc1. The van der Waals surface area contributed by atoms with Crippen LogP contribution in [0.25, 0.3) is 0 Å². The minimum Gasteiger partial charge on any atom is -0.352 e. The highest BCUT2D eigenvalue weighted by atomic mass is 16.1. The average Bonchev–Trinajstić information content (AvgIpc) is 2.63. The Kier molecular flexibility index (Phi) is 5.33. The molecule has 104 valence electrons. The van der Waals surface area contributed by atoms with Crippen LogP contribution in [0.4, 0.5) is 0 Å². The van der Waals surface area contributed by atoms with Crippen LogP contribution < -0.4 is 11.1 Å². The molecule has 1 heterocycles. The van der Waals surface area contributed by atoms with Gasteiger partial charge in [-0.1, -0.05) is 19.3 Å². The smallest absolute Gasteiger partial charge is 0.220 e. The summed E-state index contributed by atoms with van der Waals surface area (Å²) < 4.78 is 0. The number of aromatic nitrogens is 1. The molecule has 2 atom stereocenters. The predicted molar refractivity (Wildman–Crippen MR) is 75.5 cm³/mol. The van der Waals surface area contributed by atoms with Crippen LogP contribution in [-0.4, -0.2) is 23.0 Å². The summed E-state index contributed by atoms with van der Waals surface area (Å²) in [7, 11) is 0. The lowest BCUT2D eigenvalue weighted by molar-refractivity contribution is -0.121. The maximum Gasteiger partial charge on any atom is 0.220 e.